The molecule has 1 amide bonds. The molecule has 1 aliphatic heterocycles. The molecule has 0 spiro atoms. The minimum atomic E-state index is -0.471. The van der Waals surface area contributed by atoms with Crippen LogP contribution in [0.5, 0.6) is 0 Å². The van der Waals surface area contributed by atoms with E-state index in [4.69, 9.17) is 0 Å². The maximum atomic E-state index is 12.3. The summed E-state index contributed by atoms with van der Waals surface area (Å²) in [4.78, 5) is 22.7. The van der Waals surface area contributed by atoms with Crippen LogP contribution in [0.4, 0.5) is 5.69 Å². The van der Waals surface area contributed by atoms with Crippen LogP contribution >= 0.6 is 0 Å². The number of non-ortho nitro benzene ring substituents is 1. The smallest absolute Gasteiger partial charge is 0.273 e. The maximum Gasteiger partial charge on any atom is 0.273 e. The van der Waals surface area contributed by atoms with Crippen molar-refractivity contribution in [3.8, 4) is 5.69 Å². The lowest BCUT2D eigenvalue weighted by Gasteiger charge is -2.08. The SMILES string of the molecule is Cc1c(C(=O)NCCC2CCNC2)nnn1-c1cccc([N+](=O)[O-])c1. The molecule has 1 aliphatic rings. The number of amides is 1. The van der Waals surface area contributed by atoms with Gasteiger partial charge in [0.1, 0.15) is 0 Å². The summed E-state index contributed by atoms with van der Waals surface area (Å²) in [7, 11) is 0. The number of hydrogen-bond acceptors (Lipinski definition) is 6. The van der Waals surface area contributed by atoms with Crippen LogP contribution in [0.3, 0.4) is 0 Å². The van der Waals surface area contributed by atoms with Gasteiger partial charge in [0.15, 0.2) is 5.69 Å². The van der Waals surface area contributed by atoms with Gasteiger partial charge in [-0.1, -0.05) is 11.3 Å². The highest BCUT2D eigenvalue weighted by Gasteiger charge is 2.19. The molecule has 1 atom stereocenters. The van der Waals surface area contributed by atoms with E-state index in [9.17, 15) is 14.9 Å². The van der Waals surface area contributed by atoms with Gasteiger partial charge in [-0.05, 0) is 44.8 Å². The summed E-state index contributed by atoms with van der Waals surface area (Å²) in [6.45, 7) is 4.34. The van der Waals surface area contributed by atoms with E-state index in [2.05, 4.69) is 20.9 Å². The van der Waals surface area contributed by atoms with Crippen molar-refractivity contribution in [3.05, 3.63) is 45.8 Å². The minimum absolute atomic E-state index is 0.0384. The molecule has 2 N–H and O–H groups in total. The molecule has 0 aliphatic carbocycles. The molecule has 1 saturated heterocycles. The van der Waals surface area contributed by atoms with Gasteiger partial charge in [0.05, 0.1) is 16.3 Å². The largest absolute Gasteiger partial charge is 0.351 e. The van der Waals surface area contributed by atoms with E-state index in [1.807, 2.05) is 0 Å². The molecule has 1 fully saturated rings. The van der Waals surface area contributed by atoms with Crippen molar-refractivity contribution in [2.24, 2.45) is 5.92 Å². The van der Waals surface area contributed by atoms with Crippen molar-refractivity contribution in [2.45, 2.75) is 19.8 Å². The predicted octanol–water partition coefficient (Wildman–Crippen LogP) is 1.21. The first-order chi connectivity index (χ1) is 12.1. The fraction of sp³-hybridized carbons (Fsp3) is 0.438. The van der Waals surface area contributed by atoms with Crippen molar-refractivity contribution in [2.75, 3.05) is 19.6 Å². The highest BCUT2D eigenvalue weighted by atomic mass is 16.6. The number of hydrogen-bond donors (Lipinski definition) is 2. The van der Waals surface area contributed by atoms with Crippen LogP contribution in [0, 0.1) is 23.0 Å². The van der Waals surface area contributed by atoms with Gasteiger partial charge in [-0.3, -0.25) is 14.9 Å². The lowest BCUT2D eigenvalue weighted by molar-refractivity contribution is -0.384. The second-order valence-electron chi connectivity index (χ2n) is 6.12. The third-order valence-corrected chi connectivity index (χ3v) is 4.40. The zero-order chi connectivity index (χ0) is 17.8. The van der Waals surface area contributed by atoms with Gasteiger partial charge < -0.3 is 10.6 Å². The summed E-state index contributed by atoms with van der Waals surface area (Å²) in [5, 5.41) is 25.0. The molecule has 0 bridgehead atoms. The normalized spacial score (nSPS) is 16.8. The number of nitro groups is 1. The Labute approximate surface area is 144 Å². The first kappa shape index (κ1) is 17.0. The van der Waals surface area contributed by atoms with Gasteiger partial charge in [0.25, 0.3) is 11.6 Å². The number of aromatic nitrogens is 3. The molecule has 25 heavy (non-hydrogen) atoms. The maximum absolute atomic E-state index is 12.3. The van der Waals surface area contributed by atoms with Gasteiger partial charge in [0.2, 0.25) is 0 Å². The monoisotopic (exact) mass is 344 g/mol. The van der Waals surface area contributed by atoms with E-state index in [1.165, 1.54) is 16.8 Å². The Bertz CT molecular complexity index is 782. The number of nitro benzene ring substituents is 1. The van der Waals surface area contributed by atoms with E-state index in [0.717, 1.165) is 25.9 Å². The van der Waals surface area contributed by atoms with E-state index in [1.54, 1.807) is 19.1 Å². The van der Waals surface area contributed by atoms with Crippen LogP contribution in [0.25, 0.3) is 5.69 Å². The third kappa shape index (κ3) is 3.82. The van der Waals surface area contributed by atoms with Crippen molar-refractivity contribution in [3.63, 3.8) is 0 Å². The number of carbonyl (C=O) groups is 1. The van der Waals surface area contributed by atoms with Crippen LogP contribution in [-0.2, 0) is 0 Å². The minimum Gasteiger partial charge on any atom is -0.351 e. The second-order valence-corrected chi connectivity index (χ2v) is 6.12. The summed E-state index contributed by atoms with van der Waals surface area (Å²) in [5.74, 6) is 0.321. The molecule has 3 rings (SSSR count). The summed E-state index contributed by atoms with van der Waals surface area (Å²) in [6, 6.07) is 6.06. The Hall–Kier alpha value is -2.81. The first-order valence-electron chi connectivity index (χ1n) is 8.22. The molecular weight excluding hydrogens is 324 g/mol. The Balaban J connectivity index is 1.68. The Morgan fingerprint density at radius 1 is 1.52 bits per heavy atom. The van der Waals surface area contributed by atoms with Crippen molar-refractivity contribution < 1.29 is 9.72 Å². The number of nitrogens with one attached hydrogen (secondary N) is 2. The van der Waals surface area contributed by atoms with Crippen molar-refractivity contribution >= 4 is 11.6 Å². The van der Waals surface area contributed by atoms with E-state index in [-0.39, 0.29) is 17.3 Å². The topological polar surface area (TPSA) is 115 Å². The van der Waals surface area contributed by atoms with Crippen LogP contribution in [-0.4, -0.2) is 45.5 Å². The van der Waals surface area contributed by atoms with Crippen LogP contribution in [0.1, 0.15) is 29.0 Å². The Kier molecular flexibility index (Phi) is 5.03. The fourth-order valence-electron chi connectivity index (χ4n) is 2.96. The highest BCUT2D eigenvalue weighted by Crippen LogP contribution is 2.18. The lowest BCUT2D eigenvalue weighted by atomic mass is 10.1. The standard InChI is InChI=1S/C16H20N6O3/c1-11-15(16(23)18-8-6-12-5-7-17-10-12)19-20-21(11)13-3-2-4-14(9-13)22(24)25/h2-4,9,12,17H,5-8,10H2,1H3,(H,18,23). The second kappa shape index (κ2) is 7.39. The number of benzene rings is 1. The van der Waals surface area contributed by atoms with Crippen LogP contribution in [0.15, 0.2) is 24.3 Å². The highest BCUT2D eigenvalue weighted by molar-refractivity contribution is 5.93. The summed E-state index contributed by atoms with van der Waals surface area (Å²) < 4.78 is 1.43. The summed E-state index contributed by atoms with van der Waals surface area (Å²) in [6.07, 6.45) is 2.06. The number of nitrogens with zero attached hydrogens (tertiary/aromatic N) is 4. The zero-order valence-corrected chi connectivity index (χ0v) is 13.9. The van der Waals surface area contributed by atoms with E-state index in [0.29, 0.717) is 23.8 Å². The van der Waals surface area contributed by atoms with Gasteiger partial charge in [-0.25, -0.2) is 4.68 Å². The van der Waals surface area contributed by atoms with E-state index >= 15 is 0 Å². The zero-order valence-electron chi connectivity index (χ0n) is 13.9. The molecule has 1 aromatic carbocycles. The molecule has 0 saturated carbocycles. The lowest BCUT2D eigenvalue weighted by Crippen LogP contribution is -2.27. The Morgan fingerprint density at radius 2 is 2.36 bits per heavy atom. The quantitative estimate of drug-likeness (QED) is 0.601. The molecule has 1 unspecified atom stereocenters. The van der Waals surface area contributed by atoms with Crippen LogP contribution in [0.2, 0.25) is 0 Å². The van der Waals surface area contributed by atoms with Crippen molar-refractivity contribution in [1.82, 2.24) is 25.6 Å². The van der Waals surface area contributed by atoms with Crippen LogP contribution < -0.4 is 10.6 Å². The fourth-order valence-corrected chi connectivity index (χ4v) is 2.96. The molecule has 1 aromatic heterocycles. The van der Waals surface area contributed by atoms with Gasteiger partial charge >= 0.3 is 0 Å². The average molecular weight is 344 g/mol. The molecule has 132 valence electrons. The van der Waals surface area contributed by atoms with E-state index < -0.39 is 4.92 Å². The van der Waals surface area contributed by atoms with Gasteiger partial charge in [-0.15, -0.1) is 5.10 Å². The summed E-state index contributed by atoms with van der Waals surface area (Å²) >= 11 is 0. The molecule has 9 nitrogen and oxygen atoms in total. The molecule has 2 heterocycles. The average Bonchev–Trinajstić information content (AvgIpc) is 3.24. The Morgan fingerprint density at radius 3 is 3.08 bits per heavy atom. The predicted molar refractivity (Wildman–Crippen MR) is 90.7 cm³/mol. The number of rotatable bonds is 6. The van der Waals surface area contributed by atoms with Gasteiger partial charge in [-0.2, -0.15) is 0 Å². The molecule has 9 heteroatoms. The third-order valence-electron chi connectivity index (χ3n) is 4.40. The number of carbonyl (C=O) groups excluding carboxylic acids is 1. The van der Waals surface area contributed by atoms with Crippen molar-refractivity contribution in [1.29, 1.82) is 0 Å². The molecule has 0 radical (unpaired) electrons. The molecule has 2 aromatic rings. The first-order valence-corrected chi connectivity index (χ1v) is 8.22. The van der Waals surface area contributed by atoms with Gasteiger partial charge in [0, 0.05) is 18.7 Å². The summed E-state index contributed by atoms with van der Waals surface area (Å²) in [5.41, 5.74) is 1.23. The molecular formula is C16H20N6O3.